The molecule has 0 aromatic rings. The first-order valence-electron chi connectivity index (χ1n) is 1.49. The highest BCUT2D eigenvalue weighted by molar-refractivity contribution is 7.19. The Morgan fingerprint density at radius 3 is 1.67 bits per heavy atom. The lowest BCUT2D eigenvalue weighted by atomic mass is 11.6. The highest BCUT2D eigenvalue weighted by atomic mass is 35.5. The van der Waals surface area contributed by atoms with E-state index in [0.717, 1.165) is 0 Å². The summed E-state index contributed by atoms with van der Waals surface area (Å²) in [7, 11) is 5.59. The molecule has 0 aliphatic heterocycles. The van der Waals surface area contributed by atoms with Crippen LogP contribution in [0.3, 0.4) is 0 Å². The van der Waals surface area contributed by atoms with E-state index in [1.165, 1.54) is 0 Å². The Bertz CT molecular complexity index is 12.8. The Balaban J connectivity index is 0. The van der Waals surface area contributed by atoms with E-state index in [2.05, 4.69) is 14.0 Å². The van der Waals surface area contributed by atoms with Crippen LogP contribution in [0.2, 0.25) is 0 Å². The third-order valence-corrected chi connectivity index (χ3v) is 0. The Hall–Kier alpha value is 0.680. The molecule has 3 heteroatoms. The topological polar surface area (TPSA) is 9.23 Å². The molecule has 0 aromatic carbocycles. The van der Waals surface area contributed by atoms with Crippen LogP contribution >= 0.6 is 20.8 Å². The molecule has 0 aliphatic rings. The Labute approximate surface area is 46.2 Å². The largest absolute Gasteiger partial charge is 0.388 e. The first kappa shape index (κ1) is 9.84. The van der Waals surface area contributed by atoms with Crippen molar-refractivity contribution in [3.05, 3.63) is 0 Å². The van der Waals surface area contributed by atoms with E-state index >= 15 is 0 Å². The summed E-state index contributed by atoms with van der Waals surface area (Å²) < 4.78 is 4.25. The first-order valence-corrected chi connectivity index (χ1v) is 2.84. The quantitative estimate of drug-likeness (QED) is 0.353. The van der Waals surface area contributed by atoms with Gasteiger partial charge in [-0.1, -0.05) is 0 Å². The summed E-state index contributed by atoms with van der Waals surface area (Å²) in [6.07, 6.45) is 0. The summed E-state index contributed by atoms with van der Waals surface area (Å²) in [5, 5.41) is 0. The molecule has 0 radical (unpaired) electrons. The zero-order chi connectivity index (χ0) is 5.41. The van der Waals surface area contributed by atoms with Crippen LogP contribution in [-0.2, 0) is 4.74 Å². The second-order valence-corrected chi connectivity index (χ2v) is 1.80. The van der Waals surface area contributed by atoms with Gasteiger partial charge in [-0.3, -0.25) is 0 Å². The molecule has 40 valence electrons. The fraction of sp³-hybridized carbons (Fsp3) is 1.00. The molecule has 0 fully saturated rings. The van der Waals surface area contributed by atoms with Crippen molar-refractivity contribution in [2.24, 2.45) is 0 Å². The van der Waals surface area contributed by atoms with Crippen molar-refractivity contribution in [3.8, 4) is 0 Å². The molecule has 1 atom stereocenters. The summed E-state index contributed by atoms with van der Waals surface area (Å²) in [6, 6.07) is 0. The van der Waals surface area contributed by atoms with Crippen molar-refractivity contribution in [2.45, 2.75) is 0 Å². The number of hydrogen-bond acceptors (Lipinski definition) is 1. The van der Waals surface area contributed by atoms with Gasteiger partial charge in [0, 0.05) is 19.8 Å². The van der Waals surface area contributed by atoms with Gasteiger partial charge in [-0.15, -0.1) is 20.8 Å². The molecule has 0 heterocycles. The van der Waals surface area contributed by atoms with E-state index in [0.29, 0.717) is 5.62 Å². The lowest BCUT2D eigenvalue weighted by molar-refractivity contribution is 0.277. The Morgan fingerprint density at radius 2 is 1.67 bits per heavy atom. The molecule has 0 aliphatic carbocycles. The van der Waals surface area contributed by atoms with Gasteiger partial charge < -0.3 is 4.74 Å². The Kier molecular flexibility index (Phi) is 28.4. The lowest BCUT2D eigenvalue weighted by Crippen LogP contribution is -1.55. The van der Waals surface area contributed by atoms with Crippen molar-refractivity contribution in [3.63, 3.8) is 0 Å². The summed E-state index contributed by atoms with van der Waals surface area (Å²) >= 11 is 4.96. The highest BCUT2D eigenvalue weighted by Gasteiger charge is 1.37. The number of halogens is 1. The van der Waals surface area contributed by atoms with Gasteiger partial charge in [-0.2, -0.15) is 0 Å². The molecule has 0 spiro atoms. The van der Waals surface area contributed by atoms with Gasteiger partial charge in [0.25, 0.3) is 0 Å². The molecular weight excluding hydrogens is 118 g/mol. The van der Waals surface area contributed by atoms with Gasteiger partial charge in [-0.25, -0.2) is 0 Å². The summed E-state index contributed by atoms with van der Waals surface area (Å²) in [6.45, 7) is 0. The maximum atomic E-state index is 4.96. The fourth-order valence-corrected chi connectivity index (χ4v) is 0. The van der Waals surface area contributed by atoms with E-state index < -0.39 is 0 Å². The van der Waals surface area contributed by atoms with Gasteiger partial charge in [0.15, 0.2) is 0 Å². The molecule has 1 nitrogen and oxygen atoms in total. The second-order valence-electron chi connectivity index (χ2n) is 0.563. The van der Waals surface area contributed by atoms with Crippen LogP contribution in [-0.4, -0.2) is 19.8 Å². The summed E-state index contributed by atoms with van der Waals surface area (Å²) in [5.74, 6) is 0. The minimum atomic E-state index is 0.639. The van der Waals surface area contributed by atoms with E-state index in [1.54, 1.807) is 14.2 Å². The summed E-state index contributed by atoms with van der Waals surface area (Å²) in [4.78, 5) is 0. The zero-order valence-electron chi connectivity index (χ0n) is 4.07. The Morgan fingerprint density at radius 1 is 1.67 bits per heavy atom. The van der Waals surface area contributed by atoms with Gasteiger partial charge in [0.05, 0.1) is 0 Å². The number of alkyl halides is 1. The maximum absolute atomic E-state index is 4.96. The van der Waals surface area contributed by atoms with Gasteiger partial charge >= 0.3 is 0 Å². The second kappa shape index (κ2) is 17.3. The predicted octanol–water partition coefficient (Wildman–Crippen LogP) is 1.32. The van der Waals surface area contributed by atoms with Crippen LogP contribution in [0.15, 0.2) is 0 Å². The van der Waals surface area contributed by atoms with Crippen LogP contribution in [0.4, 0.5) is 0 Å². The van der Waals surface area contributed by atoms with Crippen molar-refractivity contribution in [2.75, 3.05) is 19.8 Å². The van der Waals surface area contributed by atoms with Crippen LogP contribution < -0.4 is 0 Å². The van der Waals surface area contributed by atoms with Crippen LogP contribution in [0.5, 0.6) is 0 Å². The highest BCUT2D eigenvalue weighted by Crippen LogP contribution is 1.79. The number of rotatable bonds is 0. The minimum absolute atomic E-state index is 0.639. The lowest BCUT2D eigenvalue weighted by Gasteiger charge is -1.61. The number of hydrogen-bond donors (Lipinski definition) is 0. The maximum Gasteiger partial charge on any atom is 0.0366 e. The smallest absolute Gasteiger partial charge is 0.0366 e. The average molecular weight is 129 g/mol. The number of ether oxygens (including phenoxy) is 1. The van der Waals surface area contributed by atoms with Gasteiger partial charge in [0.2, 0.25) is 0 Å². The molecule has 6 heavy (non-hydrogen) atoms. The molecule has 0 aromatic heterocycles. The SMILES string of the molecule is COC.PCCl. The van der Waals surface area contributed by atoms with E-state index in [1.807, 2.05) is 0 Å². The molecule has 0 saturated carbocycles. The minimum Gasteiger partial charge on any atom is -0.388 e. The summed E-state index contributed by atoms with van der Waals surface area (Å²) in [5.41, 5.74) is 0.639. The van der Waals surface area contributed by atoms with Gasteiger partial charge in [0.1, 0.15) is 0 Å². The first-order chi connectivity index (χ1) is 2.83. The third kappa shape index (κ3) is 137. The molecule has 0 rings (SSSR count). The van der Waals surface area contributed by atoms with Gasteiger partial charge in [-0.05, 0) is 0 Å². The average Bonchev–Trinajstić information content (AvgIpc) is 1.39. The molecule has 0 N–H and O–H groups in total. The predicted molar refractivity (Wildman–Crippen MR) is 33.4 cm³/mol. The van der Waals surface area contributed by atoms with Crippen molar-refractivity contribution in [1.29, 1.82) is 0 Å². The van der Waals surface area contributed by atoms with Crippen molar-refractivity contribution >= 4 is 20.8 Å². The van der Waals surface area contributed by atoms with E-state index in [4.69, 9.17) is 11.6 Å². The standard InChI is InChI=1S/C2H6O.CH4ClP/c1-3-2;2-1-3/h1-2H3;1,3H2. The van der Waals surface area contributed by atoms with Crippen molar-refractivity contribution in [1.82, 2.24) is 0 Å². The van der Waals surface area contributed by atoms with Crippen LogP contribution in [0, 0.1) is 0 Å². The fourth-order valence-electron chi connectivity index (χ4n) is 0. The van der Waals surface area contributed by atoms with Crippen LogP contribution in [0.25, 0.3) is 0 Å². The number of methoxy groups -OCH3 is 1. The monoisotopic (exact) mass is 128 g/mol. The molecule has 0 amide bonds. The van der Waals surface area contributed by atoms with E-state index in [-0.39, 0.29) is 0 Å². The zero-order valence-corrected chi connectivity index (χ0v) is 5.98. The van der Waals surface area contributed by atoms with Crippen LogP contribution in [0.1, 0.15) is 0 Å². The van der Waals surface area contributed by atoms with Crippen molar-refractivity contribution < 1.29 is 4.74 Å². The molecule has 0 saturated heterocycles. The normalized spacial score (nSPS) is 6.00. The molecular formula is C3H10ClOP. The van der Waals surface area contributed by atoms with E-state index in [9.17, 15) is 0 Å². The third-order valence-electron chi connectivity index (χ3n) is 0. The molecule has 1 unspecified atom stereocenters. The molecule has 0 bridgehead atoms.